The average molecular weight is 354 g/mol. The molecule has 3 rings (SSSR count). The van der Waals surface area contributed by atoms with Crippen LogP contribution in [0.3, 0.4) is 0 Å². The third-order valence-corrected chi connectivity index (χ3v) is 5.30. The minimum Gasteiger partial charge on any atom is -0.493 e. The molecule has 0 radical (unpaired) electrons. The van der Waals surface area contributed by atoms with E-state index in [2.05, 4.69) is 27.3 Å². The summed E-state index contributed by atoms with van der Waals surface area (Å²) in [6.45, 7) is 1.14. The van der Waals surface area contributed by atoms with Crippen molar-refractivity contribution in [2.75, 3.05) is 13.7 Å². The summed E-state index contributed by atoms with van der Waals surface area (Å²) in [6, 6.07) is 4.80. The van der Waals surface area contributed by atoms with Crippen molar-refractivity contribution in [3.05, 3.63) is 22.2 Å². The first kappa shape index (κ1) is 15.2. The minimum absolute atomic E-state index is 0.376. The van der Waals surface area contributed by atoms with Crippen molar-refractivity contribution in [2.45, 2.75) is 57.1 Å². The Balaban J connectivity index is 1.76. The zero-order valence-electron chi connectivity index (χ0n) is 12.7. The number of hydrogen-bond acceptors (Lipinski definition) is 3. The zero-order valence-corrected chi connectivity index (χ0v) is 14.2. The summed E-state index contributed by atoms with van der Waals surface area (Å²) >= 11 is 3.68. The third kappa shape index (κ3) is 3.72. The van der Waals surface area contributed by atoms with Crippen LogP contribution in [0.2, 0.25) is 0 Å². The van der Waals surface area contributed by atoms with Gasteiger partial charge in [-0.1, -0.05) is 22.4 Å². The molecule has 0 aromatic heterocycles. The van der Waals surface area contributed by atoms with Gasteiger partial charge in [-0.3, -0.25) is 0 Å². The van der Waals surface area contributed by atoms with Gasteiger partial charge in [-0.15, -0.1) is 0 Å². The van der Waals surface area contributed by atoms with E-state index in [1.54, 1.807) is 7.11 Å². The molecule has 2 fully saturated rings. The van der Waals surface area contributed by atoms with Gasteiger partial charge in [0.1, 0.15) is 0 Å². The first-order valence-corrected chi connectivity index (χ1v) is 8.82. The second-order valence-corrected chi connectivity index (χ2v) is 6.97. The summed E-state index contributed by atoms with van der Waals surface area (Å²) in [5.74, 6) is 1.73. The van der Waals surface area contributed by atoms with Crippen LogP contribution in [0.5, 0.6) is 11.5 Å². The lowest BCUT2D eigenvalue weighted by atomic mass is 9.95. The summed E-state index contributed by atoms with van der Waals surface area (Å²) < 4.78 is 12.7. The van der Waals surface area contributed by atoms with E-state index in [1.165, 1.54) is 44.1 Å². The van der Waals surface area contributed by atoms with Gasteiger partial charge in [0, 0.05) is 10.5 Å². The van der Waals surface area contributed by atoms with Crippen LogP contribution in [0.4, 0.5) is 0 Å². The van der Waals surface area contributed by atoms with Crippen LogP contribution in [0.15, 0.2) is 16.6 Å². The van der Waals surface area contributed by atoms with Crippen LogP contribution in [-0.4, -0.2) is 25.8 Å². The molecule has 1 N–H and O–H groups in total. The molecule has 1 aliphatic heterocycles. The molecule has 0 spiro atoms. The fourth-order valence-electron chi connectivity index (χ4n) is 3.02. The smallest absolute Gasteiger partial charge is 0.161 e. The molecule has 1 unspecified atom stereocenters. The summed E-state index contributed by atoms with van der Waals surface area (Å²) in [4.78, 5) is 0. The molecule has 1 aromatic carbocycles. The van der Waals surface area contributed by atoms with Gasteiger partial charge in [0.25, 0.3) is 0 Å². The highest BCUT2D eigenvalue weighted by atomic mass is 79.9. The van der Waals surface area contributed by atoms with Gasteiger partial charge in [-0.05, 0) is 62.8 Å². The van der Waals surface area contributed by atoms with Crippen LogP contribution < -0.4 is 14.8 Å². The molecule has 1 saturated carbocycles. The number of halogens is 1. The molecule has 1 saturated heterocycles. The second-order valence-electron chi connectivity index (χ2n) is 6.12. The largest absolute Gasteiger partial charge is 0.493 e. The van der Waals surface area contributed by atoms with Gasteiger partial charge in [0.15, 0.2) is 11.5 Å². The molecule has 21 heavy (non-hydrogen) atoms. The van der Waals surface area contributed by atoms with E-state index in [4.69, 9.17) is 9.47 Å². The second kappa shape index (κ2) is 7.01. The molecular formula is C17H24BrNO2. The predicted molar refractivity (Wildman–Crippen MR) is 88.3 cm³/mol. The lowest BCUT2D eigenvalue weighted by molar-refractivity contribution is 0.116. The van der Waals surface area contributed by atoms with Crippen LogP contribution in [-0.2, 0) is 6.42 Å². The molecule has 1 atom stereocenters. The number of ether oxygens (including phenoxy) is 2. The molecule has 3 nitrogen and oxygen atoms in total. The van der Waals surface area contributed by atoms with Crippen LogP contribution in [0.1, 0.15) is 44.1 Å². The molecular weight excluding hydrogens is 330 g/mol. The summed E-state index contributed by atoms with van der Waals surface area (Å²) in [5.41, 5.74) is 1.31. The highest BCUT2D eigenvalue weighted by molar-refractivity contribution is 9.10. The van der Waals surface area contributed by atoms with Gasteiger partial charge in [0.05, 0.1) is 13.2 Å². The average Bonchev–Trinajstić information content (AvgIpc) is 2.46. The fourth-order valence-corrected chi connectivity index (χ4v) is 3.50. The van der Waals surface area contributed by atoms with E-state index in [0.29, 0.717) is 12.1 Å². The van der Waals surface area contributed by atoms with Crippen molar-refractivity contribution < 1.29 is 9.47 Å². The van der Waals surface area contributed by atoms with E-state index in [1.807, 2.05) is 6.07 Å². The number of benzene rings is 1. The van der Waals surface area contributed by atoms with Gasteiger partial charge in [-0.25, -0.2) is 0 Å². The standard InChI is InChI=1S/C17H24BrNO2/c1-20-16-11-15(18)12(9-13-5-2-3-8-19-13)10-17(16)21-14-6-4-7-14/h10-11,13-14,19H,2-9H2,1H3. The molecule has 2 aliphatic rings. The van der Waals surface area contributed by atoms with E-state index in [-0.39, 0.29) is 0 Å². The lowest BCUT2D eigenvalue weighted by Crippen LogP contribution is -2.35. The quantitative estimate of drug-likeness (QED) is 0.865. The number of nitrogens with one attached hydrogen (secondary N) is 1. The Hall–Kier alpha value is -0.740. The summed E-state index contributed by atoms with van der Waals surface area (Å²) in [7, 11) is 1.71. The minimum atomic E-state index is 0.376. The van der Waals surface area contributed by atoms with Crippen LogP contribution in [0, 0.1) is 0 Å². The molecule has 1 aromatic rings. The van der Waals surface area contributed by atoms with Crippen molar-refractivity contribution in [1.29, 1.82) is 0 Å². The Labute approximate surface area is 135 Å². The number of piperidine rings is 1. The molecule has 116 valence electrons. The van der Waals surface area contributed by atoms with Crippen molar-refractivity contribution in [3.63, 3.8) is 0 Å². The van der Waals surface area contributed by atoms with Gasteiger partial charge >= 0.3 is 0 Å². The number of methoxy groups -OCH3 is 1. The Kier molecular flexibility index (Phi) is 5.07. The SMILES string of the molecule is COc1cc(Br)c(CC2CCCCN2)cc1OC1CCC1. The molecule has 1 aliphatic carbocycles. The number of hydrogen-bond donors (Lipinski definition) is 1. The van der Waals surface area contributed by atoms with E-state index in [0.717, 1.165) is 28.9 Å². The van der Waals surface area contributed by atoms with Crippen molar-refractivity contribution in [3.8, 4) is 11.5 Å². The summed E-state index contributed by atoms with van der Waals surface area (Å²) in [5, 5.41) is 3.61. The Morgan fingerprint density at radius 3 is 2.62 bits per heavy atom. The normalized spacial score (nSPS) is 22.7. The fraction of sp³-hybridized carbons (Fsp3) is 0.647. The van der Waals surface area contributed by atoms with Gasteiger partial charge < -0.3 is 14.8 Å². The van der Waals surface area contributed by atoms with E-state index in [9.17, 15) is 0 Å². The molecule has 4 heteroatoms. The first-order valence-electron chi connectivity index (χ1n) is 8.02. The third-order valence-electron chi connectivity index (χ3n) is 4.56. The van der Waals surface area contributed by atoms with Crippen LogP contribution in [0.25, 0.3) is 0 Å². The van der Waals surface area contributed by atoms with Crippen molar-refractivity contribution in [2.24, 2.45) is 0 Å². The van der Waals surface area contributed by atoms with E-state index < -0.39 is 0 Å². The van der Waals surface area contributed by atoms with E-state index >= 15 is 0 Å². The maximum absolute atomic E-state index is 6.09. The number of rotatable bonds is 5. The first-order chi connectivity index (χ1) is 10.3. The summed E-state index contributed by atoms with van der Waals surface area (Å²) in [6.07, 6.45) is 8.93. The predicted octanol–water partition coefficient (Wildman–Crippen LogP) is 4.07. The zero-order chi connectivity index (χ0) is 14.7. The Morgan fingerprint density at radius 2 is 2.00 bits per heavy atom. The Morgan fingerprint density at radius 1 is 1.14 bits per heavy atom. The van der Waals surface area contributed by atoms with Crippen LogP contribution >= 0.6 is 15.9 Å². The van der Waals surface area contributed by atoms with Crippen molar-refractivity contribution >= 4 is 15.9 Å². The molecule has 0 amide bonds. The van der Waals surface area contributed by atoms with Crippen molar-refractivity contribution in [1.82, 2.24) is 5.32 Å². The molecule has 1 heterocycles. The molecule has 0 bridgehead atoms. The van der Waals surface area contributed by atoms with Gasteiger partial charge in [0.2, 0.25) is 0 Å². The monoisotopic (exact) mass is 353 g/mol. The topological polar surface area (TPSA) is 30.5 Å². The highest BCUT2D eigenvalue weighted by Gasteiger charge is 2.22. The Bertz CT molecular complexity index is 482. The van der Waals surface area contributed by atoms with Gasteiger partial charge in [-0.2, -0.15) is 0 Å². The maximum Gasteiger partial charge on any atom is 0.161 e. The highest BCUT2D eigenvalue weighted by Crippen LogP contribution is 2.37. The lowest BCUT2D eigenvalue weighted by Gasteiger charge is -2.28. The maximum atomic E-state index is 6.09.